The molecule has 0 amide bonds. The molecule has 0 aliphatic heterocycles. The van der Waals surface area contributed by atoms with Crippen LogP contribution in [0.1, 0.15) is 29.0 Å². The summed E-state index contributed by atoms with van der Waals surface area (Å²) >= 11 is 1.74. The summed E-state index contributed by atoms with van der Waals surface area (Å²) < 4.78 is 0. The van der Waals surface area contributed by atoms with Gasteiger partial charge in [0.05, 0.1) is 11.6 Å². The Labute approximate surface area is 116 Å². The minimum Gasteiger partial charge on any atom is -0.320 e. The highest BCUT2D eigenvalue weighted by Crippen LogP contribution is 2.29. The number of thiophene rings is 1. The van der Waals surface area contributed by atoms with Gasteiger partial charge in [0.25, 0.3) is 0 Å². The van der Waals surface area contributed by atoms with Crippen molar-refractivity contribution in [2.75, 3.05) is 0 Å². The zero-order chi connectivity index (χ0) is 13.2. The van der Waals surface area contributed by atoms with Crippen molar-refractivity contribution in [3.8, 4) is 0 Å². The molecule has 0 radical (unpaired) electrons. The van der Waals surface area contributed by atoms with E-state index in [1.807, 2.05) is 12.3 Å². The summed E-state index contributed by atoms with van der Waals surface area (Å²) in [5, 5.41) is 3.27. The minimum atomic E-state index is -0.0543. The van der Waals surface area contributed by atoms with Crippen molar-refractivity contribution < 1.29 is 0 Å². The van der Waals surface area contributed by atoms with Crippen LogP contribution in [0.25, 0.3) is 10.9 Å². The van der Waals surface area contributed by atoms with Crippen molar-refractivity contribution in [3.05, 3.63) is 64.0 Å². The molecule has 19 heavy (non-hydrogen) atoms. The van der Waals surface area contributed by atoms with Crippen LogP contribution in [0.3, 0.4) is 0 Å². The molecule has 2 N–H and O–H groups in total. The van der Waals surface area contributed by atoms with Crippen LogP contribution in [0.4, 0.5) is 0 Å². The number of hydrogen-bond donors (Lipinski definition) is 1. The van der Waals surface area contributed by atoms with Crippen molar-refractivity contribution in [1.82, 2.24) is 4.98 Å². The Morgan fingerprint density at radius 2 is 2.16 bits per heavy atom. The fraction of sp³-hybridized carbons (Fsp3) is 0.188. The Balaban J connectivity index is 2.04. The van der Waals surface area contributed by atoms with Crippen LogP contribution in [-0.2, 0) is 6.42 Å². The number of rotatable bonds is 3. The second-order valence-electron chi connectivity index (χ2n) is 4.60. The average Bonchev–Trinajstić information content (AvgIpc) is 2.94. The molecule has 1 unspecified atom stereocenters. The van der Waals surface area contributed by atoms with E-state index in [9.17, 15) is 0 Å². The van der Waals surface area contributed by atoms with E-state index in [-0.39, 0.29) is 6.04 Å². The summed E-state index contributed by atoms with van der Waals surface area (Å²) in [6.07, 6.45) is 2.85. The quantitative estimate of drug-likeness (QED) is 0.782. The van der Waals surface area contributed by atoms with Crippen LogP contribution in [-0.4, -0.2) is 4.98 Å². The van der Waals surface area contributed by atoms with E-state index in [4.69, 9.17) is 5.73 Å². The van der Waals surface area contributed by atoms with Gasteiger partial charge in [-0.05, 0) is 41.1 Å². The molecule has 0 fully saturated rings. The van der Waals surface area contributed by atoms with Crippen molar-refractivity contribution in [3.63, 3.8) is 0 Å². The Kier molecular flexibility index (Phi) is 3.32. The summed E-state index contributed by atoms with van der Waals surface area (Å²) in [5.74, 6) is 0. The van der Waals surface area contributed by atoms with E-state index in [0.29, 0.717) is 0 Å². The number of fused-ring (bicyclic) bond motifs is 1. The van der Waals surface area contributed by atoms with E-state index in [1.165, 1.54) is 10.4 Å². The molecule has 0 saturated heterocycles. The molecule has 0 bridgehead atoms. The Morgan fingerprint density at radius 3 is 3.00 bits per heavy atom. The van der Waals surface area contributed by atoms with Gasteiger partial charge in [-0.1, -0.05) is 25.1 Å². The highest BCUT2D eigenvalue weighted by molar-refractivity contribution is 7.10. The zero-order valence-electron chi connectivity index (χ0n) is 10.8. The summed E-state index contributed by atoms with van der Waals surface area (Å²) in [5.41, 5.74) is 9.89. The van der Waals surface area contributed by atoms with Crippen LogP contribution >= 0.6 is 11.3 Å². The van der Waals surface area contributed by atoms with Gasteiger partial charge in [0, 0.05) is 16.5 Å². The first-order valence-corrected chi connectivity index (χ1v) is 7.34. The normalized spacial score (nSPS) is 12.7. The monoisotopic (exact) mass is 268 g/mol. The smallest absolute Gasteiger partial charge is 0.0705 e. The van der Waals surface area contributed by atoms with Crippen LogP contribution < -0.4 is 5.73 Å². The Bertz CT molecular complexity index is 703. The maximum atomic E-state index is 6.41. The molecule has 3 aromatic rings. The fourth-order valence-corrected chi connectivity index (χ4v) is 3.37. The van der Waals surface area contributed by atoms with Crippen LogP contribution in [0, 0.1) is 0 Å². The van der Waals surface area contributed by atoms with Gasteiger partial charge in [0.1, 0.15) is 0 Å². The first kappa shape index (κ1) is 12.3. The fourth-order valence-electron chi connectivity index (χ4n) is 2.34. The van der Waals surface area contributed by atoms with Crippen molar-refractivity contribution >= 4 is 22.2 Å². The van der Waals surface area contributed by atoms with Gasteiger partial charge in [0.2, 0.25) is 0 Å². The third kappa shape index (κ3) is 2.27. The van der Waals surface area contributed by atoms with Crippen molar-refractivity contribution in [2.24, 2.45) is 5.73 Å². The average molecular weight is 268 g/mol. The number of nitrogens with zero attached hydrogens (tertiary/aromatic N) is 1. The van der Waals surface area contributed by atoms with Gasteiger partial charge < -0.3 is 5.73 Å². The summed E-state index contributed by atoms with van der Waals surface area (Å²) in [6.45, 7) is 2.17. The van der Waals surface area contributed by atoms with E-state index < -0.39 is 0 Å². The zero-order valence-corrected chi connectivity index (χ0v) is 11.7. The predicted molar refractivity (Wildman–Crippen MR) is 81.5 cm³/mol. The first-order valence-electron chi connectivity index (χ1n) is 6.46. The third-order valence-corrected chi connectivity index (χ3v) is 4.48. The van der Waals surface area contributed by atoms with Gasteiger partial charge in [-0.3, -0.25) is 4.98 Å². The summed E-state index contributed by atoms with van der Waals surface area (Å²) in [6, 6.07) is 12.4. The SMILES string of the molecule is CCc1ccsc1C(N)c1ccc2cccnc2c1. The Hall–Kier alpha value is -1.71. The molecule has 3 rings (SSSR count). The topological polar surface area (TPSA) is 38.9 Å². The van der Waals surface area contributed by atoms with E-state index >= 15 is 0 Å². The summed E-state index contributed by atoms with van der Waals surface area (Å²) in [4.78, 5) is 5.66. The molecule has 3 heteroatoms. The molecule has 96 valence electrons. The van der Waals surface area contributed by atoms with Gasteiger partial charge >= 0.3 is 0 Å². The van der Waals surface area contributed by atoms with Gasteiger partial charge in [-0.2, -0.15) is 0 Å². The number of nitrogens with two attached hydrogens (primary N) is 1. The second-order valence-corrected chi connectivity index (χ2v) is 5.54. The maximum absolute atomic E-state index is 6.41. The molecule has 0 aliphatic carbocycles. The molecule has 2 nitrogen and oxygen atoms in total. The lowest BCUT2D eigenvalue weighted by Gasteiger charge is -2.13. The van der Waals surface area contributed by atoms with E-state index in [0.717, 1.165) is 22.9 Å². The van der Waals surface area contributed by atoms with E-state index in [2.05, 4.69) is 47.6 Å². The highest BCUT2D eigenvalue weighted by Gasteiger charge is 2.14. The molecule has 0 spiro atoms. The van der Waals surface area contributed by atoms with E-state index in [1.54, 1.807) is 11.3 Å². The molecule has 2 aromatic heterocycles. The molecular weight excluding hydrogens is 252 g/mol. The molecule has 2 heterocycles. The molecular formula is C16H16N2S. The van der Waals surface area contributed by atoms with Crippen LogP contribution in [0.2, 0.25) is 0 Å². The van der Waals surface area contributed by atoms with Crippen molar-refractivity contribution in [1.29, 1.82) is 0 Å². The molecule has 1 aromatic carbocycles. The predicted octanol–water partition coefficient (Wildman–Crippen LogP) is 3.91. The van der Waals surface area contributed by atoms with Crippen LogP contribution in [0.15, 0.2) is 48.0 Å². The van der Waals surface area contributed by atoms with Gasteiger partial charge in [0.15, 0.2) is 0 Å². The number of aryl methyl sites for hydroxylation is 1. The number of aromatic nitrogens is 1. The Morgan fingerprint density at radius 1 is 1.26 bits per heavy atom. The third-order valence-electron chi connectivity index (χ3n) is 3.43. The first-order chi connectivity index (χ1) is 9.29. The van der Waals surface area contributed by atoms with Gasteiger partial charge in [-0.15, -0.1) is 11.3 Å². The molecule has 0 saturated carbocycles. The lowest BCUT2D eigenvalue weighted by atomic mass is 10.0. The van der Waals surface area contributed by atoms with Crippen molar-refractivity contribution in [2.45, 2.75) is 19.4 Å². The number of benzene rings is 1. The molecule has 0 aliphatic rings. The molecule has 1 atom stereocenters. The standard InChI is InChI=1S/C16H16N2S/c1-2-11-7-9-19-16(11)15(17)13-6-5-12-4-3-8-18-14(12)10-13/h3-10,15H,2,17H2,1H3. The number of hydrogen-bond acceptors (Lipinski definition) is 3. The number of pyridine rings is 1. The second kappa shape index (κ2) is 5.11. The maximum Gasteiger partial charge on any atom is 0.0705 e. The highest BCUT2D eigenvalue weighted by atomic mass is 32.1. The minimum absolute atomic E-state index is 0.0543. The van der Waals surface area contributed by atoms with Crippen LogP contribution in [0.5, 0.6) is 0 Å². The largest absolute Gasteiger partial charge is 0.320 e. The lowest BCUT2D eigenvalue weighted by Crippen LogP contribution is -2.11. The lowest BCUT2D eigenvalue weighted by molar-refractivity contribution is 0.875. The summed E-state index contributed by atoms with van der Waals surface area (Å²) in [7, 11) is 0. The van der Waals surface area contributed by atoms with Gasteiger partial charge in [-0.25, -0.2) is 0 Å².